The van der Waals surface area contributed by atoms with Crippen molar-refractivity contribution in [2.45, 2.75) is 36.1 Å². The maximum Gasteiger partial charge on any atom is 0.251 e. The van der Waals surface area contributed by atoms with Crippen molar-refractivity contribution in [3.8, 4) is 0 Å². The third kappa shape index (κ3) is 3.30. The molecule has 4 nitrogen and oxygen atoms in total. The van der Waals surface area contributed by atoms with Gasteiger partial charge in [-0.25, -0.2) is 4.98 Å². The lowest BCUT2D eigenvalue weighted by Crippen LogP contribution is -2.25. The lowest BCUT2D eigenvalue weighted by molar-refractivity contribution is 0.759. The number of nitrogens with zero attached hydrogens (tertiary/aromatic N) is 1. The Hall–Kier alpha value is -0.460. The molecule has 1 aromatic rings. The molecule has 0 aromatic carbocycles. The van der Waals surface area contributed by atoms with E-state index in [-0.39, 0.29) is 5.56 Å². The molecule has 1 saturated heterocycles. The van der Waals surface area contributed by atoms with E-state index in [2.05, 4.69) is 29.1 Å². The highest BCUT2D eigenvalue weighted by Gasteiger charge is 2.28. The first-order chi connectivity index (χ1) is 8.60. The second-order valence-corrected chi connectivity index (χ2v) is 7.52. The van der Waals surface area contributed by atoms with E-state index in [1.807, 2.05) is 30.6 Å². The normalized spacial score (nSPS) is 28.3. The first kappa shape index (κ1) is 14.0. The van der Waals surface area contributed by atoms with Crippen molar-refractivity contribution in [3.63, 3.8) is 0 Å². The lowest BCUT2D eigenvalue weighted by atomic mass is 10.3. The summed E-state index contributed by atoms with van der Waals surface area (Å²) in [5, 5.41) is 4.58. The molecule has 2 heterocycles. The Bertz CT molecular complexity index is 463. The molecular formula is C12H19N3OS2. The minimum atomic E-state index is -0.0536. The predicted octanol–water partition coefficient (Wildman–Crippen LogP) is 1.79. The van der Waals surface area contributed by atoms with Gasteiger partial charge in [0.05, 0.1) is 10.9 Å². The summed E-state index contributed by atoms with van der Waals surface area (Å²) < 4.78 is 0. The van der Waals surface area contributed by atoms with Crippen LogP contribution in [0.5, 0.6) is 0 Å². The number of thioether (sulfide) groups is 2. The Kier molecular flexibility index (Phi) is 4.75. The van der Waals surface area contributed by atoms with Crippen molar-refractivity contribution in [2.24, 2.45) is 0 Å². The largest absolute Gasteiger partial charge is 0.314 e. The molecule has 3 unspecified atom stereocenters. The molecule has 1 aliphatic heterocycles. The number of nitrogens with one attached hydrogen (secondary N) is 2. The summed E-state index contributed by atoms with van der Waals surface area (Å²) in [4.78, 5) is 19.1. The number of hydrogen-bond donors (Lipinski definition) is 2. The molecule has 0 amide bonds. The Labute approximate surface area is 116 Å². The maximum atomic E-state index is 11.6. The van der Waals surface area contributed by atoms with Crippen LogP contribution in [0.1, 0.15) is 30.6 Å². The third-order valence-electron chi connectivity index (χ3n) is 3.03. The van der Waals surface area contributed by atoms with Crippen LogP contribution in [0.2, 0.25) is 0 Å². The first-order valence-electron chi connectivity index (χ1n) is 6.12. The molecule has 2 N–H and O–H groups in total. The van der Waals surface area contributed by atoms with Crippen LogP contribution in [-0.4, -0.2) is 33.3 Å². The molecule has 100 valence electrons. The van der Waals surface area contributed by atoms with E-state index in [1.165, 1.54) is 0 Å². The third-order valence-corrected chi connectivity index (χ3v) is 6.43. The molecule has 1 fully saturated rings. The topological polar surface area (TPSA) is 57.8 Å². The van der Waals surface area contributed by atoms with Crippen LogP contribution in [0.15, 0.2) is 10.9 Å². The second-order valence-electron chi connectivity index (χ2n) is 4.52. The van der Waals surface area contributed by atoms with Gasteiger partial charge in [-0.3, -0.25) is 4.79 Å². The maximum absolute atomic E-state index is 11.6. The van der Waals surface area contributed by atoms with Crippen LogP contribution in [0, 0.1) is 0 Å². The summed E-state index contributed by atoms with van der Waals surface area (Å²) in [7, 11) is 1.86. The van der Waals surface area contributed by atoms with Crippen molar-refractivity contribution in [2.75, 3.05) is 12.8 Å². The Morgan fingerprint density at radius 1 is 1.50 bits per heavy atom. The highest BCUT2D eigenvalue weighted by atomic mass is 32.2. The van der Waals surface area contributed by atoms with Crippen molar-refractivity contribution in [1.29, 1.82) is 0 Å². The first-order valence-corrected chi connectivity index (χ1v) is 8.11. The summed E-state index contributed by atoms with van der Waals surface area (Å²) in [6, 6.07) is 1.56. The molecule has 3 atom stereocenters. The number of rotatable bonds is 3. The van der Waals surface area contributed by atoms with Gasteiger partial charge in [-0.05, 0) is 7.05 Å². The van der Waals surface area contributed by atoms with Gasteiger partial charge in [-0.2, -0.15) is 11.8 Å². The summed E-state index contributed by atoms with van der Waals surface area (Å²) in [6.45, 7) is 5.13. The van der Waals surface area contributed by atoms with E-state index in [1.54, 1.807) is 6.07 Å². The number of aromatic nitrogens is 2. The van der Waals surface area contributed by atoms with Crippen LogP contribution < -0.4 is 10.9 Å². The van der Waals surface area contributed by atoms with E-state index in [4.69, 9.17) is 0 Å². The molecule has 6 heteroatoms. The quantitative estimate of drug-likeness (QED) is 0.886. The summed E-state index contributed by atoms with van der Waals surface area (Å²) in [5.41, 5.74) is 0.759. The molecule has 18 heavy (non-hydrogen) atoms. The van der Waals surface area contributed by atoms with Crippen molar-refractivity contribution < 1.29 is 0 Å². The van der Waals surface area contributed by atoms with Crippen molar-refractivity contribution >= 4 is 23.5 Å². The van der Waals surface area contributed by atoms with Crippen LogP contribution in [-0.2, 0) is 6.54 Å². The fourth-order valence-electron chi connectivity index (χ4n) is 1.88. The zero-order valence-corrected chi connectivity index (χ0v) is 12.5. The fraction of sp³-hybridized carbons (Fsp3) is 0.667. The highest BCUT2D eigenvalue weighted by molar-refractivity contribution is 8.07. The minimum Gasteiger partial charge on any atom is -0.314 e. The number of hydrogen-bond acceptors (Lipinski definition) is 5. The molecular weight excluding hydrogens is 266 g/mol. The van der Waals surface area contributed by atoms with E-state index in [0.717, 1.165) is 17.3 Å². The Morgan fingerprint density at radius 3 is 2.94 bits per heavy atom. The average Bonchev–Trinajstić information content (AvgIpc) is 2.32. The van der Waals surface area contributed by atoms with Crippen molar-refractivity contribution in [1.82, 2.24) is 15.3 Å². The van der Waals surface area contributed by atoms with Crippen LogP contribution in [0.4, 0.5) is 0 Å². The molecule has 0 saturated carbocycles. The SMILES string of the molecule is CNCc1cc(=O)[nH]c(C2CSC(C)C(C)S2)n1. The van der Waals surface area contributed by atoms with Crippen molar-refractivity contribution in [3.05, 3.63) is 27.9 Å². The summed E-state index contributed by atoms with van der Waals surface area (Å²) in [5.74, 6) is 1.84. The van der Waals surface area contributed by atoms with Crippen LogP contribution >= 0.6 is 23.5 Å². The molecule has 0 radical (unpaired) electrons. The van der Waals surface area contributed by atoms with Gasteiger partial charge in [0.25, 0.3) is 5.56 Å². The van der Waals surface area contributed by atoms with Gasteiger partial charge in [0.1, 0.15) is 5.82 Å². The monoisotopic (exact) mass is 285 g/mol. The van der Waals surface area contributed by atoms with E-state index < -0.39 is 0 Å². The van der Waals surface area contributed by atoms with E-state index >= 15 is 0 Å². The Morgan fingerprint density at radius 2 is 2.28 bits per heavy atom. The van der Waals surface area contributed by atoms with Gasteiger partial charge in [0.2, 0.25) is 0 Å². The van der Waals surface area contributed by atoms with Gasteiger partial charge in [-0.1, -0.05) is 13.8 Å². The molecule has 2 rings (SSSR count). The van der Waals surface area contributed by atoms with Gasteiger partial charge < -0.3 is 10.3 Å². The molecule has 0 aliphatic carbocycles. The van der Waals surface area contributed by atoms with Gasteiger partial charge >= 0.3 is 0 Å². The fourth-order valence-corrected chi connectivity index (χ4v) is 4.75. The standard InChI is InChI=1S/C12H19N3OS2/c1-7-8(2)18-10(6-17-7)12-14-9(5-13-3)4-11(16)15-12/h4,7-8,10,13H,5-6H2,1-3H3,(H,14,15,16). The van der Waals surface area contributed by atoms with E-state index in [9.17, 15) is 4.79 Å². The van der Waals surface area contributed by atoms with Crippen LogP contribution in [0.3, 0.4) is 0 Å². The second kappa shape index (κ2) is 6.12. The number of aromatic amines is 1. The van der Waals surface area contributed by atoms with Gasteiger partial charge in [0.15, 0.2) is 0 Å². The molecule has 0 spiro atoms. The zero-order chi connectivity index (χ0) is 13.1. The van der Waals surface area contributed by atoms with Gasteiger partial charge in [0, 0.05) is 28.9 Å². The molecule has 0 bridgehead atoms. The minimum absolute atomic E-state index is 0.0536. The molecule has 1 aromatic heterocycles. The average molecular weight is 285 g/mol. The summed E-state index contributed by atoms with van der Waals surface area (Å²) in [6.07, 6.45) is 0. The summed E-state index contributed by atoms with van der Waals surface area (Å²) >= 11 is 3.86. The van der Waals surface area contributed by atoms with Gasteiger partial charge in [-0.15, -0.1) is 11.8 Å². The highest BCUT2D eigenvalue weighted by Crippen LogP contribution is 2.42. The zero-order valence-electron chi connectivity index (χ0n) is 10.9. The Balaban J connectivity index is 2.20. The smallest absolute Gasteiger partial charge is 0.251 e. The number of H-pyrrole nitrogens is 1. The van der Waals surface area contributed by atoms with E-state index in [0.29, 0.717) is 22.3 Å². The van der Waals surface area contributed by atoms with Crippen LogP contribution in [0.25, 0.3) is 0 Å². The molecule has 1 aliphatic rings. The lowest BCUT2D eigenvalue weighted by Gasteiger charge is -2.30. The predicted molar refractivity (Wildman–Crippen MR) is 79.3 cm³/mol.